The zero-order valence-corrected chi connectivity index (χ0v) is 77.6. The van der Waals surface area contributed by atoms with Gasteiger partial charge in [0.1, 0.15) is 57.5 Å². The summed E-state index contributed by atoms with van der Waals surface area (Å²) in [5, 5.41) is 30.3. The van der Waals surface area contributed by atoms with Crippen LogP contribution >= 0.6 is 15.9 Å². The molecular weight excluding hydrogens is 1840 g/mol. The molecule has 4 aromatic heterocycles. The first-order chi connectivity index (χ1) is 62.1. The van der Waals surface area contributed by atoms with Crippen LogP contribution in [0.25, 0.3) is 0 Å². The highest BCUT2D eigenvalue weighted by atomic mass is 79.9. The monoisotopic (exact) mass is 1950 g/mol. The minimum atomic E-state index is -4.84. The molecule has 8 aliphatic rings. The number of piperidine rings is 4. The second-order valence-corrected chi connectivity index (χ2v) is 38.9. The first kappa shape index (κ1) is 102. The van der Waals surface area contributed by atoms with E-state index < -0.39 is 81.4 Å². The number of nitriles is 1. The van der Waals surface area contributed by atoms with E-state index in [0.717, 1.165) is 127 Å². The maximum atomic E-state index is 13.7. The summed E-state index contributed by atoms with van der Waals surface area (Å²) >= 11 is 3.06. The third kappa shape index (κ3) is 25.9. The average molecular weight is 1960 g/mol. The molecule has 12 atom stereocenters. The van der Waals surface area contributed by atoms with Crippen LogP contribution in [-0.2, 0) is 53.4 Å². The van der Waals surface area contributed by atoms with Gasteiger partial charge in [-0.3, -0.25) is 0 Å². The molecule has 8 fully saturated rings. The summed E-state index contributed by atoms with van der Waals surface area (Å²) in [6.07, 6.45) is -6.72. The van der Waals surface area contributed by atoms with Crippen LogP contribution in [0.5, 0.6) is 47.0 Å². The fraction of sp³-hybridized carbons (Fsp3) is 0.611. The number of rotatable bonds is 18. The summed E-state index contributed by atoms with van der Waals surface area (Å²) in [5.74, 6) is 0.395. The molecule has 0 radical (unpaired) electrons. The molecule has 8 bridgehead atoms. The molecule has 4 saturated heterocycles. The van der Waals surface area contributed by atoms with Crippen LogP contribution in [0.15, 0.2) is 77.5 Å². The van der Waals surface area contributed by atoms with E-state index in [1.54, 1.807) is 28.3 Å². The zero-order valence-electron chi connectivity index (χ0n) is 76.0. The SMILES string of the molecule is CC(C)(C)OC(=O)N1C[C@H]2CC[C@@H](C1)C2N.CC(C)n1nc(Br)nc1Oc1ccc(F)c(C(F)(F)F)c1.CC(C)n1nc(CC2[C@@H]3CC[C@H]2CN(C#N)C3)nc1Oc1ccc(F)c(C(F)(F)F)c1.CC(C)n1nc(CC2[C@@H]3CC[C@H]2CN(C(=O)OC(C)(C)C)C3)nc1Oc1ccc(F)c(C(F)(F)F)c1.CC(C)n1nc(CC2[C@@H]3CC[C@H]2CNC3)nc1Oc1ccc(F)c(C(F)(F)F)c1. The molecule has 4 unspecified atom stereocenters. The van der Waals surface area contributed by atoms with Gasteiger partial charge in [0.25, 0.3) is 0 Å². The van der Waals surface area contributed by atoms with Gasteiger partial charge < -0.3 is 54.2 Å². The lowest BCUT2D eigenvalue weighted by Crippen LogP contribution is -2.51. The zero-order chi connectivity index (χ0) is 97.2. The lowest BCUT2D eigenvalue weighted by Gasteiger charge is -2.38. The second kappa shape index (κ2) is 41.1. The van der Waals surface area contributed by atoms with E-state index >= 15 is 0 Å². The molecule has 4 aromatic carbocycles. The fourth-order valence-electron chi connectivity index (χ4n) is 18.6. The predicted octanol–water partition coefficient (Wildman–Crippen LogP) is 21.8. The van der Waals surface area contributed by atoms with Gasteiger partial charge in [-0.15, -0.1) is 5.10 Å². The number of halogens is 17. The Morgan fingerprint density at radius 3 is 0.947 bits per heavy atom. The Kier molecular flexibility index (Phi) is 31.5. The van der Waals surface area contributed by atoms with Gasteiger partial charge in [-0.2, -0.15) is 93.2 Å². The lowest BCUT2D eigenvalue weighted by molar-refractivity contribution is -0.140. The molecular formula is C90H111BrF16N18O8. The van der Waals surface area contributed by atoms with E-state index in [2.05, 4.69) is 67.8 Å². The summed E-state index contributed by atoms with van der Waals surface area (Å²) in [5.41, 5.74) is -0.409. The van der Waals surface area contributed by atoms with Crippen molar-refractivity contribution in [2.75, 3.05) is 52.4 Å². The van der Waals surface area contributed by atoms with Gasteiger partial charge >= 0.3 is 60.9 Å². The Balaban J connectivity index is 0.000000153. The van der Waals surface area contributed by atoms with Gasteiger partial charge in [0, 0.05) is 64.6 Å². The summed E-state index contributed by atoms with van der Waals surface area (Å²) in [4.78, 5) is 47.2. The Hall–Kier alpha value is -10.3. The van der Waals surface area contributed by atoms with Crippen molar-refractivity contribution in [1.29, 1.82) is 5.26 Å². The number of nitrogens with one attached hydrogen (secondary N) is 1. The van der Waals surface area contributed by atoms with Crippen LogP contribution in [0.4, 0.5) is 79.8 Å². The van der Waals surface area contributed by atoms with Crippen LogP contribution in [0.3, 0.4) is 0 Å². The third-order valence-electron chi connectivity index (χ3n) is 24.9. The minimum Gasteiger partial charge on any atom is -0.444 e. The summed E-state index contributed by atoms with van der Waals surface area (Å²) in [7, 11) is 0. The van der Waals surface area contributed by atoms with Crippen LogP contribution in [-0.4, -0.2) is 156 Å². The van der Waals surface area contributed by atoms with Gasteiger partial charge in [-0.25, -0.2) is 45.9 Å². The Labute approximate surface area is 767 Å². The van der Waals surface area contributed by atoms with Gasteiger partial charge in [-0.05, 0) is 315 Å². The molecule has 4 saturated carbocycles. The van der Waals surface area contributed by atoms with Gasteiger partial charge in [0.2, 0.25) is 4.73 Å². The highest BCUT2D eigenvalue weighted by molar-refractivity contribution is 9.10. The molecule has 43 heteroatoms. The Bertz CT molecular complexity index is 5330. The van der Waals surface area contributed by atoms with Crippen LogP contribution in [0.1, 0.15) is 212 Å². The number of nitrogens with zero attached hydrogens (tertiary/aromatic N) is 16. The second-order valence-electron chi connectivity index (χ2n) is 38.2. The average Bonchev–Trinajstić information content (AvgIpc) is 1.65. The van der Waals surface area contributed by atoms with E-state index in [-0.39, 0.29) is 106 Å². The smallest absolute Gasteiger partial charge is 0.419 e. The normalized spacial score (nSPS) is 22.7. The van der Waals surface area contributed by atoms with Crippen molar-refractivity contribution in [3.05, 3.63) is 141 Å². The van der Waals surface area contributed by atoms with E-state index in [9.17, 15) is 85.1 Å². The van der Waals surface area contributed by atoms with E-state index in [4.69, 9.17) is 34.2 Å². The molecule has 16 rings (SSSR count). The maximum absolute atomic E-state index is 13.7. The molecule has 133 heavy (non-hydrogen) atoms. The number of carbonyl (C=O) groups excluding carboxylic acids is 2. The number of aromatic nitrogens is 12. The summed E-state index contributed by atoms with van der Waals surface area (Å²) in [6, 6.07) is 10.0. The first-order valence-corrected chi connectivity index (χ1v) is 45.2. The number of benzene rings is 4. The van der Waals surface area contributed by atoms with Crippen LogP contribution in [0, 0.1) is 99.8 Å². The quantitative estimate of drug-likeness (QED) is 0.0596. The van der Waals surface area contributed by atoms with Crippen molar-refractivity contribution in [1.82, 2.24) is 79.1 Å². The highest BCUT2D eigenvalue weighted by Crippen LogP contribution is 2.49. The number of hydrogen-bond acceptors (Lipinski definition) is 20. The van der Waals surface area contributed by atoms with Gasteiger partial charge in [-0.1, -0.05) is 0 Å². The lowest BCUT2D eigenvalue weighted by atomic mass is 9.82. The molecule has 8 aromatic rings. The highest BCUT2D eigenvalue weighted by Gasteiger charge is 2.49. The van der Waals surface area contributed by atoms with E-state index in [1.165, 1.54) is 26.9 Å². The minimum absolute atomic E-state index is 0.0107. The Morgan fingerprint density at radius 1 is 0.414 bits per heavy atom. The van der Waals surface area contributed by atoms with Crippen LogP contribution < -0.4 is 30.0 Å². The fourth-order valence-corrected chi connectivity index (χ4v) is 18.9. The number of carbonyl (C=O) groups is 2. The van der Waals surface area contributed by atoms with Crippen molar-refractivity contribution in [3.63, 3.8) is 0 Å². The molecule has 26 nitrogen and oxygen atoms in total. The number of alkyl halides is 12. The van der Waals surface area contributed by atoms with Crippen molar-refractivity contribution in [2.24, 2.45) is 70.8 Å². The molecule has 4 aliphatic carbocycles. The molecule has 3 N–H and O–H groups in total. The molecule has 8 heterocycles. The number of hydrogen-bond donors (Lipinski definition) is 2. The number of nitrogens with two attached hydrogens (primary N) is 1. The van der Waals surface area contributed by atoms with Crippen molar-refractivity contribution < 1.29 is 108 Å². The summed E-state index contributed by atoms with van der Waals surface area (Å²) in [6.45, 7) is 32.3. The molecule has 2 amide bonds. The topological polar surface area (TPSA) is 284 Å². The number of fused-ring (bicyclic) bond motifs is 8. The number of amides is 2. The van der Waals surface area contributed by atoms with Gasteiger partial charge in [0.15, 0.2) is 23.7 Å². The predicted molar refractivity (Wildman–Crippen MR) is 455 cm³/mol. The van der Waals surface area contributed by atoms with Gasteiger partial charge in [0.05, 0.1) is 46.4 Å². The molecule has 0 spiro atoms. The van der Waals surface area contributed by atoms with Crippen molar-refractivity contribution >= 4 is 28.1 Å². The molecule has 728 valence electrons. The standard InChI is InChI=1S/C25H32F4N4O3.C21H23F4N5O.C20H24F4N4O.C12H10BrF4N3O.C12H22N2O2/c1-14(2)33-22(35-17-8-9-20(26)19(10-17)25(27,28)29)30-21(31-33)11-18-15-6-7-16(18)13-32(12-15)23(34)36-24(3,4)5;1-12(2)30-20(31-15-5-6-18(22)17(7-15)21(23,24)25)27-19(28-30)8-16-13-3-4-14(16)10-29(9-13)11-26;1-11(2)28-19(29-14-5-6-17(21)16(7-14)20(22,23)24)26-18(27-28)8-15-12-3-4-13(15)10-25-9-12;1-6(2)20-11(18-10(13)19-20)21-7-3-4-9(14)8(5-7)12(15,16)17;1-12(2,3)16-11(15)14-6-8-4-5-9(7-14)10(8)13/h8-10,14-16,18H,6-7,11-13H2,1-5H3;5-7,12-14,16H,3-4,8-10H2,1-2H3;5-7,11-13,15,25H,3-4,8-10H2,1-2H3;3-6H,1-2H3;8-10H,4-7,13H2,1-3H3/t15-,16+,18?;13-,14+,16?;12-,13+,15?;;8-,9+,10?. The largest absolute Gasteiger partial charge is 0.444 e. The maximum Gasteiger partial charge on any atom is 0.419 e. The Morgan fingerprint density at radius 2 is 0.669 bits per heavy atom. The number of ether oxygens (including phenoxy) is 6. The van der Waals surface area contributed by atoms with Crippen molar-refractivity contribution in [2.45, 2.75) is 234 Å². The first-order valence-electron chi connectivity index (χ1n) is 44.4. The van der Waals surface area contributed by atoms with Crippen LogP contribution in [0.2, 0.25) is 0 Å². The summed E-state index contributed by atoms with van der Waals surface area (Å²) < 4.78 is 249. The molecule has 4 aliphatic heterocycles. The number of likely N-dealkylation sites (tertiary alicyclic amines) is 3. The third-order valence-corrected chi connectivity index (χ3v) is 25.2. The van der Waals surface area contributed by atoms with E-state index in [0.29, 0.717) is 127 Å². The van der Waals surface area contributed by atoms with Crippen molar-refractivity contribution in [3.8, 4) is 53.2 Å². The van der Waals surface area contributed by atoms with E-state index in [1.807, 2.05) is 88.0 Å².